The molecule has 0 saturated carbocycles. The molecule has 0 radical (unpaired) electrons. The fourth-order valence-corrected chi connectivity index (χ4v) is 4.16. The van der Waals surface area contributed by atoms with E-state index in [-0.39, 0.29) is 12.0 Å². The molecule has 1 aromatic rings. The monoisotopic (exact) mass is 264 g/mol. The lowest BCUT2D eigenvalue weighted by molar-refractivity contribution is -0.134. The molecule has 3 nitrogen and oxygen atoms in total. The molecular formula is C14H20N2OS. The topological polar surface area (TPSA) is 46.3 Å². The first kappa shape index (κ1) is 12.2. The lowest BCUT2D eigenvalue weighted by atomic mass is 9.86. The number of hydrogen-bond acceptors (Lipinski definition) is 3. The van der Waals surface area contributed by atoms with Crippen LogP contribution in [0.1, 0.15) is 42.0 Å². The van der Waals surface area contributed by atoms with Gasteiger partial charge in [-0.1, -0.05) is 0 Å². The number of nitrogens with zero attached hydrogens (tertiary/aromatic N) is 1. The van der Waals surface area contributed by atoms with Crippen molar-refractivity contribution in [2.24, 2.45) is 5.73 Å². The molecule has 0 aromatic carbocycles. The Morgan fingerprint density at radius 2 is 2.28 bits per heavy atom. The van der Waals surface area contributed by atoms with Gasteiger partial charge in [-0.25, -0.2) is 0 Å². The highest BCUT2D eigenvalue weighted by Crippen LogP contribution is 2.36. The summed E-state index contributed by atoms with van der Waals surface area (Å²) in [6.07, 6.45) is 5.41. The van der Waals surface area contributed by atoms with Crippen LogP contribution in [0.2, 0.25) is 0 Å². The zero-order valence-electron chi connectivity index (χ0n) is 10.6. The second-order valence-electron chi connectivity index (χ2n) is 5.43. The van der Waals surface area contributed by atoms with Crippen LogP contribution in [0.25, 0.3) is 0 Å². The quantitative estimate of drug-likeness (QED) is 0.844. The number of likely N-dealkylation sites (tertiary alicyclic amines) is 1. The largest absolute Gasteiger partial charge is 0.341 e. The highest BCUT2D eigenvalue weighted by atomic mass is 32.1. The molecule has 2 N–H and O–H groups in total. The molecule has 1 fully saturated rings. The molecule has 1 saturated heterocycles. The minimum atomic E-state index is 0.102. The molecule has 2 heterocycles. The number of rotatable bonds is 1. The molecule has 1 aromatic heterocycles. The molecule has 1 aliphatic carbocycles. The summed E-state index contributed by atoms with van der Waals surface area (Å²) in [5, 5.41) is 2.12. The fourth-order valence-electron chi connectivity index (χ4n) is 3.17. The van der Waals surface area contributed by atoms with E-state index in [1.165, 1.54) is 10.4 Å². The average molecular weight is 264 g/mol. The second-order valence-corrected chi connectivity index (χ2v) is 6.43. The van der Waals surface area contributed by atoms with Crippen LogP contribution in [0, 0.1) is 0 Å². The van der Waals surface area contributed by atoms with E-state index in [4.69, 9.17) is 5.73 Å². The van der Waals surface area contributed by atoms with E-state index < -0.39 is 0 Å². The van der Waals surface area contributed by atoms with E-state index in [9.17, 15) is 4.79 Å². The van der Waals surface area contributed by atoms with Crippen LogP contribution in [0.5, 0.6) is 0 Å². The summed E-state index contributed by atoms with van der Waals surface area (Å²) in [4.78, 5) is 16.0. The Morgan fingerprint density at radius 3 is 3.11 bits per heavy atom. The third-order valence-corrected chi connectivity index (χ3v) is 5.12. The van der Waals surface area contributed by atoms with Gasteiger partial charge in [-0.2, -0.15) is 0 Å². The van der Waals surface area contributed by atoms with Crippen LogP contribution in [-0.2, 0) is 11.2 Å². The van der Waals surface area contributed by atoms with Crippen molar-refractivity contribution in [2.45, 2.75) is 44.1 Å². The molecule has 2 aliphatic rings. The third-order valence-electron chi connectivity index (χ3n) is 4.12. The summed E-state index contributed by atoms with van der Waals surface area (Å²) in [6.45, 7) is 1.64. The zero-order chi connectivity index (χ0) is 12.5. The number of hydrogen-bond donors (Lipinski definition) is 1. The highest BCUT2D eigenvalue weighted by molar-refractivity contribution is 7.10. The van der Waals surface area contributed by atoms with Crippen molar-refractivity contribution in [2.75, 3.05) is 13.1 Å². The van der Waals surface area contributed by atoms with Crippen molar-refractivity contribution >= 4 is 17.2 Å². The minimum Gasteiger partial charge on any atom is -0.341 e. The normalized spacial score (nSPS) is 27.9. The smallest absolute Gasteiger partial charge is 0.230 e. The number of carbonyl (C=O) groups is 1. The average Bonchev–Trinajstić information content (AvgIpc) is 2.86. The minimum absolute atomic E-state index is 0.102. The fraction of sp³-hybridized carbons (Fsp3) is 0.643. The van der Waals surface area contributed by atoms with E-state index in [1.54, 1.807) is 11.3 Å². The van der Waals surface area contributed by atoms with E-state index in [0.29, 0.717) is 5.91 Å². The van der Waals surface area contributed by atoms with Crippen LogP contribution < -0.4 is 5.73 Å². The van der Waals surface area contributed by atoms with Gasteiger partial charge in [-0.3, -0.25) is 4.79 Å². The summed E-state index contributed by atoms with van der Waals surface area (Å²) >= 11 is 1.80. The first-order valence-corrected chi connectivity index (χ1v) is 7.74. The number of carbonyl (C=O) groups excluding carboxylic acids is 1. The van der Waals surface area contributed by atoms with E-state index in [2.05, 4.69) is 11.4 Å². The molecule has 0 spiro atoms. The van der Waals surface area contributed by atoms with Crippen LogP contribution in [-0.4, -0.2) is 29.9 Å². The third kappa shape index (κ3) is 2.19. The Balaban J connectivity index is 1.77. The summed E-state index contributed by atoms with van der Waals surface area (Å²) < 4.78 is 0. The SMILES string of the molecule is N[C@@H]1CCCN(C(=O)C2CCCc3sccc32)C1. The number of aryl methyl sites for hydroxylation is 1. The molecule has 18 heavy (non-hydrogen) atoms. The molecule has 98 valence electrons. The molecule has 4 heteroatoms. The summed E-state index contributed by atoms with van der Waals surface area (Å²) in [6, 6.07) is 2.32. The first-order chi connectivity index (χ1) is 8.75. The number of amides is 1. The summed E-state index contributed by atoms with van der Waals surface area (Å²) in [7, 11) is 0. The van der Waals surface area contributed by atoms with Gasteiger partial charge in [0.15, 0.2) is 0 Å². The second kappa shape index (κ2) is 5.02. The standard InChI is InChI=1S/C14H20N2OS/c15-10-3-2-7-16(9-10)14(17)12-4-1-5-13-11(12)6-8-18-13/h6,8,10,12H,1-5,7,9,15H2/t10-,12?/m1/s1. The number of fused-ring (bicyclic) bond motifs is 1. The van der Waals surface area contributed by atoms with Crippen LogP contribution in [0.15, 0.2) is 11.4 Å². The van der Waals surface area contributed by atoms with Crippen molar-refractivity contribution in [3.8, 4) is 0 Å². The Labute approximate surface area is 112 Å². The van der Waals surface area contributed by atoms with Gasteiger partial charge >= 0.3 is 0 Å². The maximum absolute atomic E-state index is 12.6. The number of piperidine rings is 1. The Morgan fingerprint density at radius 1 is 1.39 bits per heavy atom. The zero-order valence-corrected chi connectivity index (χ0v) is 11.4. The summed E-state index contributed by atoms with van der Waals surface area (Å²) in [5.74, 6) is 0.412. The molecule has 2 atom stereocenters. The van der Waals surface area contributed by atoms with Gasteiger partial charge < -0.3 is 10.6 Å². The van der Waals surface area contributed by atoms with Gasteiger partial charge in [0.25, 0.3) is 0 Å². The van der Waals surface area contributed by atoms with Gasteiger partial charge in [-0.15, -0.1) is 11.3 Å². The van der Waals surface area contributed by atoms with Crippen molar-refractivity contribution in [3.05, 3.63) is 21.9 Å². The van der Waals surface area contributed by atoms with Crippen molar-refractivity contribution in [3.63, 3.8) is 0 Å². The Kier molecular flexibility index (Phi) is 3.39. The van der Waals surface area contributed by atoms with Crippen LogP contribution >= 0.6 is 11.3 Å². The first-order valence-electron chi connectivity index (χ1n) is 6.86. The molecular weight excluding hydrogens is 244 g/mol. The lowest BCUT2D eigenvalue weighted by Crippen LogP contribution is -2.47. The van der Waals surface area contributed by atoms with E-state index >= 15 is 0 Å². The van der Waals surface area contributed by atoms with Crippen molar-refractivity contribution in [1.29, 1.82) is 0 Å². The molecule has 1 unspecified atom stereocenters. The molecule has 1 amide bonds. The van der Waals surface area contributed by atoms with Gasteiger partial charge in [0, 0.05) is 24.0 Å². The maximum Gasteiger partial charge on any atom is 0.230 e. The number of thiophene rings is 1. The van der Waals surface area contributed by atoms with Crippen molar-refractivity contribution in [1.82, 2.24) is 4.90 Å². The molecule has 1 aliphatic heterocycles. The lowest BCUT2D eigenvalue weighted by Gasteiger charge is -2.34. The van der Waals surface area contributed by atoms with E-state index in [1.807, 2.05) is 4.90 Å². The van der Waals surface area contributed by atoms with Crippen LogP contribution in [0.4, 0.5) is 0 Å². The predicted octanol–water partition coefficient (Wildman–Crippen LogP) is 2.12. The highest BCUT2D eigenvalue weighted by Gasteiger charge is 2.32. The predicted molar refractivity (Wildman–Crippen MR) is 73.8 cm³/mol. The number of nitrogens with two attached hydrogens (primary N) is 1. The van der Waals surface area contributed by atoms with Gasteiger partial charge in [0.2, 0.25) is 5.91 Å². The van der Waals surface area contributed by atoms with E-state index in [0.717, 1.165) is 45.2 Å². The van der Waals surface area contributed by atoms with Gasteiger partial charge in [0.1, 0.15) is 0 Å². The maximum atomic E-state index is 12.6. The Hall–Kier alpha value is -0.870. The Bertz CT molecular complexity index is 443. The van der Waals surface area contributed by atoms with Gasteiger partial charge in [0.05, 0.1) is 5.92 Å². The molecule has 3 rings (SSSR count). The summed E-state index contributed by atoms with van der Waals surface area (Å²) in [5.41, 5.74) is 7.26. The van der Waals surface area contributed by atoms with Crippen molar-refractivity contribution < 1.29 is 4.79 Å². The molecule has 0 bridgehead atoms. The van der Waals surface area contributed by atoms with Gasteiger partial charge in [-0.05, 0) is 49.1 Å². The van der Waals surface area contributed by atoms with Crippen LogP contribution in [0.3, 0.4) is 0 Å².